The Hall–Kier alpha value is -3.58. The predicted molar refractivity (Wildman–Crippen MR) is 123 cm³/mol. The molecule has 0 saturated heterocycles. The summed E-state index contributed by atoms with van der Waals surface area (Å²) in [4.78, 5) is 12.5. The molecule has 4 rings (SSSR count). The van der Waals surface area contributed by atoms with Gasteiger partial charge in [0.05, 0.1) is 5.75 Å². The fraction of sp³-hybridized carbons (Fsp3) is 0.125. The number of thioether (sulfide) groups is 1. The Morgan fingerprint density at radius 3 is 2.39 bits per heavy atom. The molecule has 0 radical (unpaired) electrons. The SMILES string of the molecule is CCn1c(SCC(=O)Nc2cccc(Oc3ccccc3)c2)nnc1-c1ccccc1. The molecule has 0 atom stereocenters. The summed E-state index contributed by atoms with van der Waals surface area (Å²) in [6.45, 7) is 2.76. The van der Waals surface area contributed by atoms with Crippen molar-refractivity contribution in [2.45, 2.75) is 18.6 Å². The van der Waals surface area contributed by atoms with E-state index in [-0.39, 0.29) is 11.7 Å². The molecular formula is C24H22N4O2S. The number of para-hydroxylation sites is 1. The van der Waals surface area contributed by atoms with Crippen molar-refractivity contribution in [3.05, 3.63) is 84.9 Å². The maximum atomic E-state index is 12.5. The highest BCUT2D eigenvalue weighted by Gasteiger charge is 2.14. The molecule has 0 aliphatic carbocycles. The number of anilines is 1. The number of amides is 1. The van der Waals surface area contributed by atoms with Gasteiger partial charge in [-0.3, -0.25) is 4.79 Å². The molecule has 7 heteroatoms. The van der Waals surface area contributed by atoms with E-state index >= 15 is 0 Å². The van der Waals surface area contributed by atoms with E-state index in [4.69, 9.17) is 4.74 Å². The number of carbonyl (C=O) groups is 1. The van der Waals surface area contributed by atoms with Crippen LogP contribution in [0.3, 0.4) is 0 Å². The number of hydrogen-bond acceptors (Lipinski definition) is 5. The largest absolute Gasteiger partial charge is 0.457 e. The molecule has 156 valence electrons. The number of hydrogen-bond donors (Lipinski definition) is 1. The van der Waals surface area contributed by atoms with Crippen LogP contribution in [-0.4, -0.2) is 26.4 Å². The second-order valence-electron chi connectivity index (χ2n) is 6.70. The first-order valence-corrected chi connectivity index (χ1v) is 11.0. The number of nitrogens with one attached hydrogen (secondary N) is 1. The zero-order valence-corrected chi connectivity index (χ0v) is 17.9. The van der Waals surface area contributed by atoms with Gasteiger partial charge in [-0.25, -0.2) is 0 Å². The first-order valence-electron chi connectivity index (χ1n) is 9.97. The van der Waals surface area contributed by atoms with Crippen molar-refractivity contribution in [3.63, 3.8) is 0 Å². The van der Waals surface area contributed by atoms with Gasteiger partial charge in [-0.2, -0.15) is 0 Å². The Balaban J connectivity index is 1.38. The molecule has 0 aliphatic heterocycles. The number of ether oxygens (including phenoxy) is 1. The summed E-state index contributed by atoms with van der Waals surface area (Å²) < 4.78 is 7.84. The van der Waals surface area contributed by atoms with Crippen molar-refractivity contribution >= 4 is 23.4 Å². The molecule has 31 heavy (non-hydrogen) atoms. The van der Waals surface area contributed by atoms with E-state index in [1.807, 2.05) is 90.4 Å². The Morgan fingerprint density at radius 2 is 1.65 bits per heavy atom. The van der Waals surface area contributed by atoms with Crippen molar-refractivity contribution in [2.75, 3.05) is 11.1 Å². The molecule has 0 saturated carbocycles. The van der Waals surface area contributed by atoms with Gasteiger partial charge in [0.25, 0.3) is 0 Å². The Bertz CT molecular complexity index is 1150. The molecule has 0 spiro atoms. The summed E-state index contributed by atoms with van der Waals surface area (Å²) in [5, 5.41) is 12.2. The summed E-state index contributed by atoms with van der Waals surface area (Å²) in [5.74, 6) is 2.33. The quantitative estimate of drug-likeness (QED) is 0.375. The minimum Gasteiger partial charge on any atom is -0.457 e. The lowest BCUT2D eigenvalue weighted by atomic mass is 10.2. The standard InChI is InChI=1S/C24H22N4O2S/c1-2-28-23(18-10-5-3-6-11-18)26-27-24(28)31-17-22(29)25-19-12-9-15-21(16-19)30-20-13-7-4-8-14-20/h3-16H,2,17H2,1H3,(H,25,29). The van der Waals surface area contributed by atoms with Gasteiger partial charge in [-0.15, -0.1) is 10.2 Å². The van der Waals surface area contributed by atoms with Gasteiger partial charge in [0.1, 0.15) is 11.5 Å². The van der Waals surface area contributed by atoms with Crippen LogP contribution in [0.4, 0.5) is 5.69 Å². The third-order valence-corrected chi connectivity index (χ3v) is 5.46. The van der Waals surface area contributed by atoms with E-state index in [9.17, 15) is 4.79 Å². The topological polar surface area (TPSA) is 69.0 Å². The third-order valence-electron chi connectivity index (χ3n) is 4.49. The monoisotopic (exact) mass is 430 g/mol. The van der Waals surface area contributed by atoms with Crippen molar-refractivity contribution in [1.82, 2.24) is 14.8 Å². The van der Waals surface area contributed by atoms with E-state index in [1.165, 1.54) is 11.8 Å². The number of carbonyl (C=O) groups excluding carboxylic acids is 1. The summed E-state index contributed by atoms with van der Waals surface area (Å²) in [6, 6.07) is 26.8. The van der Waals surface area contributed by atoms with Crippen LogP contribution < -0.4 is 10.1 Å². The van der Waals surface area contributed by atoms with E-state index in [1.54, 1.807) is 6.07 Å². The molecule has 1 aromatic heterocycles. The van der Waals surface area contributed by atoms with Crippen LogP contribution in [0.15, 0.2) is 90.1 Å². The highest BCUT2D eigenvalue weighted by Crippen LogP contribution is 2.26. The van der Waals surface area contributed by atoms with Crippen LogP contribution in [0, 0.1) is 0 Å². The average Bonchev–Trinajstić information content (AvgIpc) is 3.22. The molecule has 1 heterocycles. The average molecular weight is 431 g/mol. The second kappa shape index (κ2) is 9.95. The van der Waals surface area contributed by atoms with E-state index < -0.39 is 0 Å². The molecule has 6 nitrogen and oxygen atoms in total. The summed E-state index contributed by atoms with van der Waals surface area (Å²) in [7, 11) is 0. The molecule has 0 fully saturated rings. The minimum atomic E-state index is -0.117. The number of aromatic nitrogens is 3. The van der Waals surface area contributed by atoms with Gasteiger partial charge < -0.3 is 14.6 Å². The molecular weight excluding hydrogens is 408 g/mol. The van der Waals surface area contributed by atoms with Gasteiger partial charge in [-0.1, -0.05) is 66.4 Å². The Morgan fingerprint density at radius 1 is 0.935 bits per heavy atom. The fourth-order valence-electron chi connectivity index (χ4n) is 3.07. The molecule has 0 unspecified atom stereocenters. The van der Waals surface area contributed by atoms with E-state index in [0.29, 0.717) is 11.4 Å². The first kappa shape index (κ1) is 20.7. The van der Waals surface area contributed by atoms with Crippen molar-refractivity contribution in [1.29, 1.82) is 0 Å². The molecule has 4 aromatic rings. The minimum absolute atomic E-state index is 0.117. The zero-order chi connectivity index (χ0) is 21.5. The molecule has 3 aromatic carbocycles. The van der Waals surface area contributed by atoms with Gasteiger partial charge >= 0.3 is 0 Å². The lowest BCUT2D eigenvalue weighted by Crippen LogP contribution is -2.14. The van der Waals surface area contributed by atoms with Crippen LogP contribution in [0.5, 0.6) is 11.5 Å². The van der Waals surface area contributed by atoms with Crippen LogP contribution in [0.1, 0.15) is 6.92 Å². The fourth-order valence-corrected chi connectivity index (χ4v) is 3.87. The third kappa shape index (κ3) is 5.32. The number of nitrogens with zero attached hydrogens (tertiary/aromatic N) is 3. The van der Waals surface area contributed by atoms with E-state index in [2.05, 4.69) is 15.5 Å². The Labute approximate surface area is 185 Å². The lowest BCUT2D eigenvalue weighted by Gasteiger charge is -2.09. The zero-order valence-electron chi connectivity index (χ0n) is 17.1. The second-order valence-corrected chi connectivity index (χ2v) is 7.64. The smallest absolute Gasteiger partial charge is 0.234 e. The number of rotatable bonds is 8. The van der Waals surface area contributed by atoms with Gasteiger partial charge in [0.15, 0.2) is 11.0 Å². The van der Waals surface area contributed by atoms with E-state index in [0.717, 1.165) is 28.8 Å². The predicted octanol–water partition coefficient (Wildman–Crippen LogP) is 5.49. The Kier molecular flexibility index (Phi) is 6.64. The van der Waals surface area contributed by atoms with Crippen molar-refractivity contribution < 1.29 is 9.53 Å². The normalized spacial score (nSPS) is 10.6. The van der Waals surface area contributed by atoms with Crippen LogP contribution in [0.25, 0.3) is 11.4 Å². The van der Waals surface area contributed by atoms with Crippen molar-refractivity contribution in [2.24, 2.45) is 0 Å². The molecule has 0 aliphatic rings. The molecule has 1 amide bonds. The van der Waals surface area contributed by atoms with Crippen molar-refractivity contribution in [3.8, 4) is 22.9 Å². The summed E-state index contributed by atoms with van der Waals surface area (Å²) >= 11 is 1.37. The summed E-state index contributed by atoms with van der Waals surface area (Å²) in [5.41, 5.74) is 1.68. The van der Waals surface area contributed by atoms with Gasteiger partial charge in [0.2, 0.25) is 5.91 Å². The van der Waals surface area contributed by atoms with Gasteiger partial charge in [-0.05, 0) is 31.2 Å². The molecule has 1 N–H and O–H groups in total. The first-order chi connectivity index (χ1) is 15.2. The number of benzene rings is 3. The molecule has 0 bridgehead atoms. The van der Waals surface area contributed by atoms with Crippen LogP contribution >= 0.6 is 11.8 Å². The highest BCUT2D eigenvalue weighted by atomic mass is 32.2. The van der Waals surface area contributed by atoms with Gasteiger partial charge in [0, 0.05) is 23.9 Å². The maximum Gasteiger partial charge on any atom is 0.234 e. The lowest BCUT2D eigenvalue weighted by molar-refractivity contribution is -0.113. The highest BCUT2D eigenvalue weighted by molar-refractivity contribution is 7.99. The maximum absolute atomic E-state index is 12.5. The summed E-state index contributed by atoms with van der Waals surface area (Å²) in [6.07, 6.45) is 0. The van der Waals surface area contributed by atoms with Crippen LogP contribution in [-0.2, 0) is 11.3 Å². The van der Waals surface area contributed by atoms with Crippen LogP contribution in [0.2, 0.25) is 0 Å².